The van der Waals surface area contributed by atoms with E-state index in [0.29, 0.717) is 13.0 Å². The van der Waals surface area contributed by atoms with E-state index in [4.69, 9.17) is 4.74 Å². The molecule has 3 nitrogen and oxygen atoms in total. The van der Waals surface area contributed by atoms with Gasteiger partial charge in [-0.2, -0.15) is 0 Å². The Bertz CT molecular complexity index is 114. The Kier molecular flexibility index (Phi) is 2.05. The molecular formula is C6H11NO2. The van der Waals surface area contributed by atoms with Crippen LogP contribution in [0.5, 0.6) is 0 Å². The molecule has 9 heavy (non-hydrogen) atoms. The maximum Gasteiger partial charge on any atom is 0.222 e. The van der Waals surface area contributed by atoms with E-state index < -0.39 is 0 Å². The summed E-state index contributed by atoms with van der Waals surface area (Å²) in [6.45, 7) is 2.59. The van der Waals surface area contributed by atoms with E-state index in [9.17, 15) is 4.79 Å². The van der Waals surface area contributed by atoms with Crippen LogP contribution in [0.1, 0.15) is 19.8 Å². The smallest absolute Gasteiger partial charge is 0.222 e. The highest BCUT2D eigenvalue weighted by Gasteiger charge is 2.19. The Morgan fingerprint density at radius 3 is 3.11 bits per heavy atom. The van der Waals surface area contributed by atoms with Crippen molar-refractivity contribution in [3.05, 3.63) is 0 Å². The van der Waals surface area contributed by atoms with Crippen LogP contribution >= 0.6 is 0 Å². The highest BCUT2D eigenvalue weighted by molar-refractivity contribution is 5.78. The maximum absolute atomic E-state index is 10.5. The molecule has 0 aromatic carbocycles. The molecule has 1 N–H and O–H groups in total. The van der Waals surface area contributed by atoms with Gasteiger partial charge in [0.05, 0.1) is 0 Å². The third-order valence-corrected chi connectivity index (χ3v) is 1.32. The molecule has 0 radical (unpaired) electrons. The normalized spacial score (nSPS) is 26.3. The van der Waals surface area contributed by atoms with Crippen molar-refractivity contribution in [1.82, 2.24) is 5.32 Å². The van der Waals surface area contributed by atoms with Crippen LogP contribution in [0.2, 0.25) is 0 Å². The highest BCUT2D eigenvalue weighted by Crippen LogP contribution is 2.06. The highest BCUT2D eigenvalue weighted by atomic mass is 16.5. The molecule has 0 aliphatic carbocycles. The topological polar surface area (TPSA) is 38.3 Å². The molecule has 0 aromatic heterocycles. The second-order valence-electron chi connectivity index (χ2n) is 2.05. The summed E-state index contributed by atoms with van der Waals surface area (Å²) < 4.78 is 5.14. The van der Waals surface area contributed by atoms with E-state index >= 15 is 0 Å². The Morgan fingerprint density at radius 2 is 2.67 bits per heavy atom. The lowest BCUT2D eigenvalue weighted by molar-refractivity contribution is -0.120. The standard InChI is InChI=1S/C6H11NO2/c1-2-9-6-4-3-5(8)7-6/h6H,2-4H2,1H3,(H,7,8)/t6-/m0/s1. The van der Waals surface area contributed by atoms with Crippen LogP contribution in [0, 0.1) is 0 Å². The van der Waals surface area contributed by atoms with Crippen molar-refractivity contribution in [3.8, 4) is 0 Å². The van der Waals surface area contributed by atoms with Gasteiger partial charge in [-0.15, -0.1) is 0 Å². The van der Waals surface area contributed by atoms with E-state index in [0.717, 1.165) is 6.42 Å². The van der Waals surface area contributed by atoms with Crippen molar-refractivity contribution < 1.29 is 9.53 Å². The zero-order valence-corrected chi connectivity index (χ0v) is 5.52. The van der Waals surface area contributed by atoms with Crippen LogP contribution in [0.15, 0.2) is 0 Å². The van der Waals surface area contributed by atoms with Crippen LogP contribution in [-0.2, 0) is 9.53 Å². The third-order valence-electron chi connectivity index (χ3n) is 1.32. The molecule has 0 bridgehead atoms. The van der Waals surface area contributed by atoms with Crippen LogP contribution in [0.25, 0.3) is 0 Å². The third kappa shape index (κ3) is 1.68. The van der Waals surface area contributed by atoms with Gasteiger partial charge >= 0.3 is 0 Å². The first-order valence-electron chi connectivity index (χ1n) is 3.24. The van der Waals surface area contributed by atoms with Gasteiger partial charge in [0, 0.05) is 19.4 Å². The molecule has 0 unspecified atom stereocenters. The average Bonchev–Trinajstić information content (AvgIpc) is 2.17. The zero-order valence-electron chi connectivity index (χ0n) is 5.52. The number of hydrogen-bond donors (Lipinski definition) is 1. The van der Waals surface area contributed by atoms with Gasteiger partial charge in [-0.05, 0) is 6.92 Å². The summed E-state index contributed by atoms with van der Waals surface area (Å²) in [5.74, 6) is 0.105. The van der Waals surface area contributed by atoms with Crippen molar-refractivity contribution in [3.63, 3.8) is 0 Å². The van der Waals surface area contributed by atoms with Crippen LogP contribution in [0.3, 0.4) is 0 Å². The van der Waals surface area contributed by atoms with Crippen molar-refractivity contribution >= 4 is 5.91 Å². The average molecular weight is 129 g/mol. The molecule has 52 valence electrons. The Hall–Kier alpha value is -0.570. The molecule has 0 aromatic rings. The van der Waals surface area contributed by atoms with Gasteiger partial charge in [0.15, 0.2) is 0 Å². The van der Waals surface area contributed by atoms with Gasteiger partial charge < -0.3 is 10.1 Å². The number of ether oxygens (including phenoxy) is 1. The minimum Gasteiger partial charge on any atom is -0.359 e. The first-order valence-corrected chi connectivity index (χ1v) is 3.24. The quantitative estimate of drug-likeness (QED) is 0.580. The first-order chi connectivity index (χ1) is 4.33. The summed E-state index contributed by atoms with van der Waals surface area (Å²) in [7, 11) is 0. The molecule has 1 atom stereocenters. The lowest BCUT2D eigenvalue weighted by Gasteiger charge is -2.07. The summed E-state index contributed by atoms with van der Waals surface area (Å²) in [5, 5.41) is 2.69. The number of carbonyl (C=O) groups is 1. The molecule has 0 saturated carbocycles. The number of carbonyl (C=O) groups excluding carboxylic acids is 1. The zero-order chi connectivity index (χ0) is 6.69. The summed E-state index contributed by atoms with van der Waals surface area (Å²) in [4.78, 5) is 10.5. The Morgan fingerprint density at radius 1 is 1.89 bits per heavy atom. The van der Waals surface area contributed by atoms with Crippen molar-refractivity contribution in [2.24, 2.45) is 0 Å². The molecule has 1 heterocycles. The van der Waals surface area contributed by atoms with Crippen LogP contribution in [0.4, 0.5) is 0 Å². The summed E-state index contributed by atoms with van der Waals surface area (Å²) >= 11 is 0. The summed E-state index contributed by atoms with van der Waals surface area (Å²) in [5.41, 5.74) is 0. The number of amides is 1. The Labute approximate surface area is 54.4 Å². The van der Waals surface area contributed by atoms with Crippen LogP contribution in [-0.4, -0.2) is 18.7 Å². The van der Waals surface area contributed by atoms with Gasteiger partial charge in [-0.25, -0.2) is 0 Å². The van der Waals surface area contributed by atoms with Crippen LogP contribution < -0.4 is 5.32 Å². The summed E-state index contributed by atoms with van der Waals surface area (Å²) in [6, 6.07) is 0. The van der Waals surface area contributed by atoms with E-state index in [-0.39, 0.29) is 12.1 Å². The van der Waals surface area contributed by atoms with E-state index in [1.807, 2.05) is 6.92 Å². The van der Waals surface area contributed by atoms with E-state index in [1.165, 1.54) is 0 Å². The molecule has 1 fully saturated rings. The van der Waals surface area contributed by atoms with Crippen molar-refractivity contribution in [2.45, 2.75) is 26.0 Å². The molecule has 1 amide bonds. The second kappa shape index (κ2) is 2.82. The second-order valence-corrected chi connectivity index (χ2v) is 2.05. The molecule has 1 saturated heterocycles. The molecule has 1 rings (SSSR count). The fourth-order valence-electron chi connectivity index (χ4n) is 0.912. The molecule has 3 heteroatoms. The van der Waals surface area contributed by atoms with Gasteiger partial charge in [-0.1, -0.05) is 0 Å². The monoisotopic (exact) mass is 129 g/mol. The van der Waals surface area contributed by atoms with Gasteiger partial charge in [0.1, 0.15) is 6.23 Å². The lowest BCUT2D eigenvalue weighted by Crippen LogP contribution is -2.27. The fraction of sp³-hybridized carbons (Fsp3) is 0.833. The largest absolute Gasteiger partial charge is 0.359 e. The minimum atomic E-state index is -0.0116. The molecule has 1 aliphatic heterocycles. The van der Waals surface area contributed by atoms with Gasteiger partial charge in [0.25, 0.3) is 0 Å². The number of nitrogens with one attached hydrogen (secondary N) is 1. The molecular weight excluding hydrogens is 118 g/mol. The summed E-state index contributed by atoms with van der Waals surface area (Å²) in [6.07, 6.45) is 1.43. The first kappa shape index (κ1) is 6.55. The van der Waals surface area contributed by atoms with Crippen molar-refractivity contribution in [1.29, 1.82) is 0 Å². The minimum absolute atomic E-state index is 0.0116. The predicted octanol–water partition coefficient (Wildman–Crippen LogP) is 0.259. The Balaban J connectivity index is 2.22. The molecule has 1 aliphatic rings. The molecule has 0 spiro atoms. The maximum atomic E-state index is 10.5. The predicted molar refractivity (Wildman–Crippen MR) is 32.8 cm³/mol. The van der Waals surface area contributed by atoms with Gasteiger partial charge in [-0.3, -0.25) is 4.79 Å². The number of rotatable bonds is 2. The van der Waals surface area contributed by atoms with Crippen molar-refractivity contribution in [2.75, 3.05) is 6.61 Å². The van der Waals surface area contributed by atoms with E-state index in [1.54, 1.807) is 0 Å². The van der Waals surface area contributed by atoms with Gasteiger partial charge in [0.2, 0.25) is 5.91 Å². The van der Waals surface area contributed by atoms with E-state index in [2.05, 4.69) is 5.32 Å². The lowest BCUT2D eigenvalue weighted by atomic mass is 10.3. The number of hydrogen-bond acceptors (Lipinski definition) is 2. The fourth-order valence-corrected chi connectivity index (χ4v) is 0.912. The SMILES string of the molecule is CCO[C@H]1CCC(=O)N1.